The zero-order valence-corrected chi connectivity index (χ0v) is 10.0. The molecule has 17 heavy (non-hydrogen) atoms. The highest BCUT2D eigenvalue weighted by molar-refractivity contribution is 5.02. The Balaban J connectivity index is 1.40. The Labute approximate surface area is 101 Å². The molecule has 94 valence electrons. The van der Waals surface area contributed by atoms with Crippen molar-refractivity contribution in [3.63, 3.8) is 0 Å². The Morgan fingerprint density at radius 3 is 3.00 bits per heavy atom. The largest absolute Gasteiger partial charge is 0.370 e. The standard InChI is InChI=1S/C12H19N3O2/c1-2-6-13-10(3-1)7-16-8-11-14-12(15-17-11)9-4-5-9/h9-10,13H,1-8H2. The van der Waals surface area contributed by atoms with Crippen molar-refractivity contribution in [3.8, 4) is 0 Å². The lowest BCUT2D eigenvalue weighted by Gasteiger charge is -2.22. The minimum absolute atomic E-state index is 0.442. The van der Waals surface area contributed by atoms with Crippen LogP contribution in [0.25, 0.3) is 0 Å². The molecule has 1 saturated heterocycles. The molecule has 0 aromatic carbocycles. The fourth-order valence-corrected chi connectivity index (χ4v) is 2.19. The number of rotatable bonds is 5. The van der Waals surface area contributed by atoms with E-state index in [2.05, 4.69) is 15.5 Å². The van der Waals surface area contributed by atoms with Crippen molar-refractivity contribution < 1.29 is 9.26 Å². The quantitative estimate of drug-likeness (QED) is 0.843. The molecule has 1 unspecified atom stereocenters. The van der Waals surface area contributed by atoms with Crippen LogP contribution in [0.3, 0.4) is 0 Å². The molecule has 1 N–H and O–H groups in total. The third kappa shape index (κ3) is 3.04. The van der Waals surface area contributed by atoms with E-state index in [0.717, 1.165) is 19.0 Å². The molecule has 5 heteroatoms. The first-order chi connectivity index (χ1) is 8.42. The normalized spacial score (nSPS) is 25.1. The minimum atomic E-state index is 0.442. The summed E-state index contributed by atoms with van der Waals surface area (Å²) in [6.45, 7) is 2.29. The SMILES string of the molecule is C1CCC(COCc2nc(C3CC3)no2)NC1. The van der Waals surface area contributed by atoms with Gasteiger partial charge in [0, 0.05) is 12.0 Å². The van der Waals surface area contributed by atoms with E-state index in [-0.39, 0.29) is 0 Å². The van der Waals surface area contributed by atoms with Crippen LogP contribution >= 0.6 is 0 Å². The topological polar surface area (TPSA) is 60.2 Å². The molecule has 1 saturated carbocycles. The summed E-state index contributed by atoms with van der Waals surface area (Å²) in [5, 5.41) is 7.41. The van der Waals surface area contributed by atoms with Crippen molar-refractivity contribution in [1.82, 2.24) is 15.5 Å². The zero-order chi connectivity index (χ0) is 11.5. The average Bonchev–Trinajstić information content (AvgIpc) is 3.11. The molecule has 2 fully saturated rings. The Morgan fingerprint density at radius 1 is 1.29 bits per heavy atom. The summed E-state index contributed by atoms with van der Waals surface area (Å²) in [5.74, 6) is 2.02. The maximum Gasteiger partial charge on any atom is 0.252 e. The van der Waals surface area contributed by atoms with E-state index in [1.165, 1.54) is 32.1 Å². The van der Waals surface area contributed by atoms with E-state index in [1.54, 1.807) is 0 Å². The van der Waals surface area contributed by atoms with Gasteiger partial charge in [-0.05, 0) is 32.2 Å². The van der Waals surface area contributed by atoms with E-state index in [1.807, 2.05) is 0 Å². The smallest absolute Gasteiger partial charge is 0.252 e. The second kappa shape index (κ2) is 5.14. The molecule has 1 aliphatic heterocycles. The molecule has 0 bridgehead atoms. The third-order valence-electron chi connectivity index (χ3n) is 3.38. The highest BCUT2D eigenvalue weighted by Crippen LogP contribution is 2.38. The summed E-state index contributed by atoms with van der Waals surface area (Å²) in [6.07, 6.45) is 6.19. The van der Waals surface area contributed by atoms with Gasteiger partial charge < -0.3 is 14.6 Å². The van der Waals surface area contributed by atoms with Crippen molar-refractivity contribution in [2.24, 2.45) is 0 Å². The molecule has 2 heterocycles. The second-order valence-electron chi connectivity index (χ2n) is 4.98. The first kappa shape index (κ1) is 11.2. The lowest BCUT2D eigenvalue weighted by molar-refractivity contribution is 0.0732. The molecular weight excluding hydrogens is 218 g/mol. The Morgan fingerprint density at radius 2 is 2.24 bits per heavy atom. The molecule has 1 aromatic rings. The predicted molar refractivity (Wildman–Crippen MR) is 61.6 cm³/mol. The number of piperidine rings is 1. The first-order valence-electron chi connectivity index (χ1n) is 6.55. The van der Waals surface area contributed by atoms with Crippen molar-refractivity contribution in [2.75, 3.05) is 13.2 Å². The Kier molecular flexibility index (Phi) is 3.38. The number of aromatic nitrogens is 2. The number of nitrogens with one attached hydrogen (secondary N) is 1. The number of hydrogen-bond acceptors (Lipinski definition) is 5. The van der Waals surface area contributed by atoms with E-state index < -0.39 is 0 Å². The molecule has 3 rings (SSSR count). The van der Waals surface area contributed by atoms with Crippen molar-refractivity contribution in [1.29, 1.82) is 0 Å². The summed E-state index contributed by atoms with van der Waals surface area (Å²) in [6, 6.07) is 0.495. The molecule has 0 amide bonds. The summed E-state index contributed by atoms with van der Waals surface area (Å²) in [4.78, 5) is 4.33. The van der Waals surface area contributed by atoms with Gasteiger partial charge in [0.05, 0.1) is 6.61 Å². The lowest BCUT2D eigenvalue weighted by atomic mass is 10.1. The van der Waals surface area contributed by atoms with Crippen LogP contribution in [-0.4, -0.2) is 29.3 Å². The average molecular weight is 237 g/mol. The molecule has 1 aromatic heterocycles. The molecule has 0 radical (unpaired) electrons. The van der Waals surface area contributed by atoms with Crippen LogP contribution in [0.2, 0.25) is 0 Å². The second-order valence-corrected chi connectivity index (χ2v) is 4.98. The van der Waals surface area contributed by atoms with Crippen LogP contribution in [-0.2, 0) is 11.3 Å². The summed E-state index contributed by atoms with van der Waals surface area (Å²) in [5.41, 5.74) is 0. The van der Waals surface area contributed by atoms with Crippen LogP contribution in [0.1, 0.15) is 49.7 Å². The van der Waals surface area contributed by atoms with Crippen molar-refractivity contribution in [3.05, 3.63) is 11.7 Å². The summed E-state index contributed by atoms with van der Waals surface area (Å²) in [7, 11) is 0. The van der Waals surface area contributed by atoms with Gasteiger partial charge in [-0.25, -0.2) is 0 Å². The maximum atomic E-state index is 5.61. The Bertz CT molecular complexity index is 356. The molecule has 0 spiro atoms. The van der Waals surface area contributed by atoms with E-state index in [9.17, 15) is 0 Å². The zero-order valence-electron chi connectivity index (χ0n) is 10.0. The van der Waals surface area contributed by atoms with Gasteiger partial charge in [-0.2, -0.15) is 4.98 Å². The van der Waals surface area contributed by atoms with E-state index in [4.69, 9.17) is 9.26 Å². The molecule has 1 aliphatic carbocycles. The summed E-state index contributed by atoms with van der Waals surface area (Å²) < 4.78 is 10.8. The van der Waals surface area contributed by atoms with Gasteiger partial charge in [0.1, 0.15) is 6.61 Å². The number of ether oxygens (including phenoxy) is 1. The van der Waals surface area contributed by atoms with Gasteiger partial charge in [0.25, 0.3) is 5.89 Å². The van der Waals surface area contributed by atoms with E-state index in [0.29, 0.717) is 24.5 Å². The van der Waals surface area contributed by atoms with Crippen LogP contribution in [0.15, 0.2) is 4.52 Å². The molecule has 1 atom stereocenters. The maximum absolute atomic E-state index is 5.61. The van der Waals surface area contributed by atoms with Gasteiger partial charge >= 0.3 is 0 Å². The summed E-state index contributed by atoms with van der Waals surface area (Å²) >= 11 is 0. The molecule has 2 aliphatic rings. The van der Waals surface area contributed by atoms with Crippen molar-refractivity contribution >= 4 is 0 Å². The van der Waals surface area contributed by atoms with Crippen LogP contribution in [0.4, 0.5) is 0 Å². The van der Waals surface area contributed by atoms with Gasteiger partial charge in [-0.15, -0.1) is 0 Å². The predicted octanol–water partition coefficient (Wildman–Crippen LogP) is 1.61. The first-order valence-corrected chi connectivity index (χ1v) is 6.55. The monoisotopic (exact) mass is 237 g/mol. The number of nitrogens with zero attached hydrogens (tertiary/aromatic N) is 2. The number of hydrogen-bond donors (Lipinski definition) is 1. The highest BCUT2D eigenvalue weighted by Gasteiger charge is 2.28. The van der Waals surface area contributed by atoms with Gasteiger partial charge in [-0.1, -0.05) is 11.6 Å². The van der Waals surface area contributed by atoms with Gasteiger partial charge in [0.2, 0.25) is 0 Å². The molecule has 5 nitrogen and oxygen atoms in total. The highest BCUT2D eigenvalue weighted by atomic mass is 16.5. The van der Waals surface area contributed by atoms with E-state index >= 15 is 0 Å². The Hall–Kier alpha value is -0.940. The lowest BCUT2D eigenvalue weighted by Crippen LogP contribution is -2.37. The fourth-order valence-electron chi connectivity index (χ4n) is 2.19. The van der Waals surface area contributed by atoms with Crippen LogP contribution in [0.5, 0.6) is 0 Å². The van der Waals surface area contributed by atoms with Gasteiger partial charge in [-0.3, -0.25) is 0 Å². The van der Waals surface area contributed by atoms with Crippen LogP contribution < -0.4 is 5.32 Å². The van der Waals surface area contributed by atoms with Gasteiger partial charge in [0.15, 0.2) is 5.82 Å². The van der Waals surface area contributed by atoms with Crippen LogP contribution in [0, 0.1) is 0 Å². The minimum Gasteiger partial charge on any atom is -0.370 e. The third-order valence-corrected chi connectivity index (χ3v) is 3.38. The molecular formula is C12H19N3O2. The fraction of sp³-hybridized carbons (Fsp3) is 0.833. The van der Waals surface area contributed by atoms with Crippen molar-refractivity contribution in [2.45, 2.75) is 50.7 Å².